The van der Waals surface area contributed by atoms with Crippen LogP contribution in [0.3, 0.4) is 0 Å². The molecule has 3 heteroatoms. The van der Waals surface area contributed by atoms with Gasteiger partial charge in [-0.15, -0.1) is 0 Å². The molecule has 0 aromatic rings. The van der Waals surface area contributed by atoms with Crippen molar-refractivity contribution >= 4 is 9.28 Å². The molecule has 0 fully saturated rings. The molecule has 0 spiro atoms. The Balaban J connectivity index is 4.35. The van der Waals surface area contributed by atoms with E-state index in [2.05, 4.69) is 48.5 Å². The first-order valence-corrected chi connectivity index (χ1v) is 8.72. The summed E-state index contributed by atoms with van der Waals surface area (Å²) in [6.07, 6.45) is 1.17. The van der Waals surface area contributed by atoms with Gasteiger partial charge in [0.25, 0.3) is 0 Å². The molecule has 0 amide bonds. The summed E-state index contributed by atoms with van der Waals surface area (Å²) in [4.78, 5) is 0. The summed E-state index contributed by atoms with van der Waals surface area (Å²) in [6, 6.07) is 0. The summed E-state index contributed by atoms with van der Waals surface area (Å²) in [5.41, 5.74) is 0.632. The zero-order valence-electron chi connectivity index (χ0n) is 12.8. The predicted octanol–water partition coefficient (Wildman–Crippen LogP) is 3.99. The first-order chi connectivity index (χ1) is 7.88. The van der Waals surface area contributed by atoms with E-state index in [0.29, 0.717) is 23.3 Å². The van der Waals surface area contributed by atoms with Gasteiger partial charge in [-0.25, -0.2) is 0 Å². The van der Waals surface area contributed by atoms with Crippen LogP contribution in [0.2, 0.25) is 5.54 Å². The molecule has 0 aliphatic rings. The molecule has 0 saturated heterocycles. The average Bonchev–Trinajstić information content (AvgIpc) is 2.21. The SMILES string of the molecule is CCC(C(C)C)[SiH](OCC(C)C)OCC(C)C. The molecule has 0 heterocycles. The molecule has 0 rings (SSSR count). The van der Waals surface area contributed by atoms with Gasteiger partial charge in [0, 0.05) is 18.8 Å². The number of rotatable bonds is 9. The standard InChI is InChI=1S/C14H32O2Si/c1-8-14(13(6)7)17(15-9-11(2)3)16-10-12(4)5/h11-14,17H,8-10H2,1-7H3. The third kappa shape index (κ3) is 7.95. The quantitative estimate of drug-likeness (QED) is 0.584. The summed E-state index contributed by atoms with van der Waals surface area (Å²) in [5, 5.41) is 0. The maximum absolute atomic E-state index is 6.08. The Labute approximate surface area is 110 Å². The Kier molecular flexibility index (Phi) is 9.19. The Hall–Kier alpha value is 0.137. The zero-order valence-corrected chi connectivity index (χ0v) is 14.0. The minimum atomic E-state index is -1.52. The molecular weight excluding hydrogens is 228 g/mol. The van der Waals surface area contributed by atoms with Gasteiger partial charge in [-0.05, 0) is 17.8 Å². The van der Waals surface area contributed by atoms with E-state index in [1.165, 1.54) is 6.42 Å². The Morgan fingerprint density at radius 2 is 1.24 bits per heavy atom. The largest absolute Gasteiger partial charge is 0.396 e. The fraction of sp³-hybridized carbons (Fsp3) is 1.00. The van der Waals surface area contributed by atoms with Crippen LogP contribution < -0.4 is 0 Å². The third-order valence-corrected chi connectivity index (χ3v) is 5.85. The van der Waals surface area contributed by atoms with E-state index in [1.807, 2.05) is 0 Å². The zero-order chi connectivity index (χ0) is 13.4. The molecule has 0 saturated carbocycles. The van der Waals surface area contributed by atoms with Crippen molar-refractivity contribution in [2.45, 2.75) is 60.4 Å². The molecular formula is C14H32O2Si. The summed E-state index contributed by atoms with van der Waals surface area (Å²) in [6.45, 7) is 17.3. The minimum absolute atomic E-state index is 0.595. The average molecular weight is 260 g/mol. The third-order valence-electron chi connectivity index (χ3n) is 2.86. The Morgan fingerprint density at radius 1 is 0.824 bits per heavy atom. The van der Waals surface area contributed by atoms with Gasteiger partial charge in [-0.1, -0.05) is 54.9 Å². The highest BCUT2D eigenvalue weighted by molar-refractivity contribution is 6.46. The van der Waals surface area contributed by atoms with Crippen molar-refractivity contribution in [2.75, 3.05) is 13.2 Å². The summed E-state index contributed by atoms with van der Waals surface area (Å²) in [5.74, 6) is 1.85. The van der Waals surface area contributed by atoms with E-state index in [1.54, 1.807) is 0 Å². The second-order valence-corrected chi connectivity index (χ2v) is 8.40. The van der Waals surface area contributed by atoms with Crippen LogP contribution in [0.4, 0.5) is 0 Å². The smallest absolute Gasteiger partial charge is 0.324 e. The van der Waals surface area contributed by atoms with Gasteiger partial charge in [0.2, 0.25) is 0 Å². The summed E-state index contributed by atoms with van der Waals surface area (Å²) >= 11 is 0. The van der Waals surface area contributed by atoms with Crippen LogP contribution in [-0.2, 0) is 8.85 Å². The van der Waals surface area contributed by atoms with Crippen molar-refractivity contribution in [2.24, 2.45) is 17.8 Å². The van der Waals surface area contributed by atoms with Crippen LogP contribution in [-0.4, -0.2) is 22.5 Å². The topological polar surface area (TPSA) is 18.5 Å². The second kappa shape index (κ2) is 9.12. The van der Waals surface area contributed by atoms with Crippen LogP contribution in [0.1, 0.15) is 54.9 Å². The maximum Gasteiger partial charge on any atom is 0.324 e. The van der Waals surface area contributed by atoms with Gasteiger partial charge < -0.3 is 8.85 Å². The van der Waals surface area contributed by atoms with Crippen LogP contribution in [0.25, 0.3) is 0 Å². The van der Waals surface area contributed by atoms with Crippen LogP contribution in [0.5, 0.6) is 0 Å². The highest BCUT2D eigenvalue weighted by Crippen LogP contribution is 2.27. The van der Waals surface area contributed by atoms with Gasteiger partial charge in [0.1, 0.15) is 0 Å². The van der Waals surface area contributed by atoms with E-state index in [9.17, 15) is 0 Å². The van der Waals surface area contributed by atoms with Crippen molar-refractivity contribution in [1.29, 1.82) is 0 Å². The molecule has 17 heavy (non-hydrogen) atoms. The van der Waals surface area contributed by atoms with E-state index in [4.69, 9.17) is 8.85 Å². The van der Waals surface area contributed by atoms with Crippen molar-refractivity contribution in [3.63, 3.8) is 0 Å². The van der Waals surface area contributed by atoms with E-state index >= 15 is 0 Å². The molecule has 0 N–H and O–H groups in total. The van der Waals surface area contributed by atoms with Gasteiger partial charge >= 0.3 is 9.28 Å². The highest BCUT2D eigenvalue weighted by Gasteiger charge is 2.28. The van der Waals surface area contributed by atoms with Crippen molar-refractivity contribution < 1.29 is 8.85 Å². The first kappa shape index (κ1) is 17.1. The molecule has 0 aliphatic carbocycles. The molecule has 0 aromatic heterocycles. The molecule has 0 aromatic carbocycles. The Morgan fingerprint density at radius 3 is 1.47 bits per heavy atom. The second-order valence-electron chi connectivity index (χ2n) is 6.14. The lowest BCUT2D eigenvalue weighted by Gasteiger charge is -2.28. The predicted molar refractivity (Wildman–Crippen MR) is 77.6 cm³/mol. The van der Waals surface area contributed by atoms with Crippen LogP contribution >= 0.6 is 0 Å². The van der Waals surface area contributed by atoms with Gasteiger partial charge in [0.15, 0.2) is 0 Å². The highest BCUT2D eigenvalue weighted by atomic mass is 28.3. The maximum atomic E-state index is 6.08. The van der Waals surface area contributed by atoms with E-state index in [-0.39, 0.29) is 0 Å². The lowest BCUT2D eigenvalue weighted by atomic mass is 10.1. The lowest BCUT2D eigenvalue weighted by molar-refractivity contribution is 0.150. The van der Waals surface area contributed by atoms with Crippen LogP contribution in [0, 0.1) is 17.8 Å². The molecule has 104 valence electrons. The number of hydrogen-bond donors (Lipinski definition) is 0. The molecule has 1 atom stereocenters. The van der Waals surface area contributed by atoms with Gasteiger partial charge in [0.05, 0.1) is 0 Å². The van der Waals surface area contributed by atoms with Crippen LogP contribution in [0.15, 0.2) is 0 Å². The molecule has 1 unspecified atom stereocenters. The molecule has 0 aliphatic heterocycles. The monoisotopic (exact) mass is 260 g/mol. The van der Waals surface area contributed by atoms with Gasteiger partial charge in [-0.2, -0.15) is 0 Å². The van der Waals surface area contributed by atoms with Gasteiger partial charge in [-0.3, -0.25) is 0 Å². The van der Waals surface area contributed by atoms with Crippen molar-refractivity contribution in [3.05, 3.63) is 0 Å². The normalized spacial score (nSPS) is 14.3. The van der Waals surface area contributed by atoms with Crippen molar-refractivity contribution in [3.8, 4) is 0 Å². The molecule has 0 radical (unpaired) electrons. The summed E-state index contributed by atoms with van der Waals surface area (Å²) in [7, 11) is -1.52. The summed E-state index contributed by atoms with van der Waals surface area (Å²) < 4.78 is 12.2. The van der Waals surface area contributed by atoms with E-state index < -0.39 is 9.28 Å². The first-order valence-electron chi connectivity index (χ1n) is 7.11. The van der Waals surface area contributed by atoms with E-state index in [0.717, 1.165) is 13.2 Å². The molecule has 0 bridgehead atoms. The fourth-order valence-electron chi connectivity index (χ4n) is 1.85. The molecule has 2 nitrogen and oxygen atoms in total. The lowest BCUT2D eigenvalue weighted by Crippen LogP contribution is -2.34. The minimum Gasteiger partial charge on any atom is -0.396 e. The number of hydrogen-bond acceptors (Lipinski definition) is 2. The Bertz CT molecular complexity index is 169. The van der Waals surface area contributed by atoms with Crippen molar-refractivity contribution in [1.82, 2.24) is 0 Å². The fourth-order valence-corrected chi connectivity index (χ4v) is 4.60.